The van der Waals surface area contributed by atoms with Gasteiger partial charge in [0.05, 0.1) is 0 Å². The Morgan fingerprint density at radius 1 is 0.317 bits per heavy atom. The molecule has 1 N–H and O–H groups in total. The molecule has 0 radical (unpaired) electrons. The highest BCUT2D eigenvalue weighted by Gasteiger charge is 1.98. The van der Waals surface area contributed by atoms with Gasteiger partial charge in [0.25, 0.3) is 0 Å². The molecular weight excluding hydrogens is 511 g/mol. The van der Waals surface area contributed by atoms with Crippen molar-refractivity contribution in [3.63, 3.8) is 0 Å². The monoisotopic (exact) mass is 595 g/mol. The lowest BCUT2D eigenvalue weighted by molar-refractivity contribution is 0.216. The van der Waals surface area contributed by atoms with Gasteiger partial charge in [-0.1, -0.05) is 230 Å². The Balaban J connectivity index is 0. The molecular formula is C39H83AlO. The van der Waals surface area contributed by atoms with Gasteiger partial charge in [-0.25, -0.2) is 0 Å². The fraction of sp³-hybridized carbons (Fsp3) is 1.00. The van der Waals surface area contributed by atoms with Crippen LogP contribution in [0.4, 0.5) is 0 Å². The second kappa shape index (κ2) is 42.6. The van der Waals surface area contributed by atoms with E-state index in [-0.39, 0.29) is 21.3 Å². The normalized spacial score (nSPS) is 11.2. The maximum absolute atomic E-state index is 8.06. The van der Waals surface area contributed by atoms with Crippen LogP contribution in [-0.2, 0) is 0 Å². The molecule has 0 rings (SSSR count). The Morgan fingerprint density at radius 2 is 0.463 bits per heavy atom. The van der Waals surface area contributed by atoms with Crippen LogP contribution < -0.4 is 0 Å². The second-order valence-corrected chi connectivity index (χ2v) is 15.9. The van der Waals surface area contributed by atoms with Crippen LogP contribution in [-0.4, -0.2) is 26.4 Å². The smallest absolute Gasteiger partial charge is 0.236 e. The summed E-state index contributed by atoms with van der Waals surface area (Å²) in [5.41, 5.74) is 0. The van der Waals surface area contributed by atoms with E-state index in [4.69, 9.17) is 5.11 Å². The molecule has 0 aromatic rings. The van der Waals surface area contributed by atoms with Crippen LogP contribution in [0, 0.1) is 0 Å². The van der Waals surface area contributed by atoms with E-state index in [1.807, 2.05) is 0 Å². The molecule has 0 aliphatic heterocycles. The predicted molar refractivity (Wildman–Crippen MR) is 193 cm³/mol. The number of hydrogen-bond acceptors (Lipinski definition) is 1. The Hall–Kier alpha value is 0.492. The third kappa shape index (κ3) is 50.4. The van der Waals surface area contributed by atoms with Crippen LogP contribution in [0.3, 0.4) is 0 Å². The van der Waals surface area contributed by atoms with Crippen molar-refractivity contribution in [2.24, 2.45) is 0 Å². The van der Waals surface area contributed by atoms with Crippen LogP contribution in [0.5, 0.6) is 0 Å². The number of aliphatic hydroxyl groups is 1. The van der Waals surface area contributed by atoms with Crippen molar-refractivity contribution in [1.82, 2.24) is 0 Å². The van der Waals surface area contributed by atoms with Crippen molar-refractivity contribution in [3.05, 3.63) is 0 Å². The van der Waals surface area contributed by atoms with Gasteiger partial charge >= 0.3 is 0 Å². The minimum atomic E-state index is -0.167. The number of rotatable bonds is 34. The minimum Gasteiger partial charge on any atom is -0.394 e. The summed E-state index contributed by atoms with van der Waals surface area (Å²) in [4.78, 5) is 0. The van der Waals surface area contributed by atoms with E-state index >= 15 is 0 Å². The van der Waals surface area contributed by atoms with Crippen molar-refractivity contribution in [3.8, 4) is 0 Å². The number of unbranched alkanes of at least 4 members (excludes halogenated alkanes) is 30. The Labute approximate surface area is 269 Å². The van der Waals surface area contributed by atoms with Crippen molar-refractivity contribution in [1.29, 1.82) is 0 Å². The molecule has 0 bridgehead atoms. The molecule has 0 atom stereocenters. The molecule has 0 aliphatic rings. The van der Waals surface area contributed by atoms with Gasteiger partial charge in [-0.2, -0.15) is 0 Å². The number of aliphatic hydroxyl groups excluding tert-OH is 1. The second-order valence-electron chi connectivity index (χ2n) is 13.8. The average Bonchev–Trinajstić information content (AvgIpc) is 2.95. The van der Waals surface area contributed by atoms with Crippen molar-refractivity contribution >= 4 is 15.2 Å². The van der Waals surface area contributed by atoms with Crippen molar-refractivity contribution < 1.29 is 5.11 Å². The average molecular weight is 595 g/mol. The van der Waals surface area contributed by atoms with E-state index in [2.05, 4.69) is 13.8 Å². The molecule has 2 heteroatoms. The summed E-state index contributed by atoms with van der Waals surface area (Å²) in [6, 6.07) is 0. The van der Waals surface area contributed by atoms with Gasteiger partial charge in [0.1, 0.15) is 0 Å². The largest absolute Gasteiger partial charge is 0.394 e. The van der Waals surface area contributed by atoms with Crippen LogP contribution >= 0.6 is 0 Å². The molecule has 0 saturated carbocycles. The lowest BCUT2D eigenvalue weighted by Crippen LogP contribution is -1.90. The van der Waals surface area contributed by atoms with Crippen molar-refractivity contribution in [2.75, 3.05) is 0 Å². The van der Waals surface area contributed by atoms with Gasteiger partial charge in [0.2, 0.25) is 15.2 Å². The molecule has 0 aliphatic carbocycles. The summed E-state index contributed by atoms with van der Waals surface area (Å²) in [5.74, 6) is 0. The van der Waals surface area contributed by atoms with Crippen LogP contribution in [0.25, 0.3) is 0 Å². The molecule has 0 heterocycles. The SMILES string of the molecule is CC(C)O.CCCCCCCCCCCCCCCCC[CH2][AlH][CH2]CCCCCCCCCCCCCCCCC. The first-order valence-corrected chi connectivity index (χ1v) is 21.8. The van der Waals surface area contributed by atoms with Gasteiger partial charge in [-0.3, -0.25) is 0 Å². The van der Waals surface area contributed by atoms with Crippen LogP contribution in [0.15, 0.2) is 0 Å². The van der Waals surface area contributed by atoms with E-state index in [1.54, 1.807) is 37.3 Å². The lowest BCUT2D eigenvalue weighted by atomic mass is 10.0. The maximum Gasteiger partial charge on any atom is 0.236 e. The summed E-state index contributed by atoms with van der Waals surface area (Å²) in [7, 11) is 0. The molecule has 0 spiro atoms. The molecule has 0 amide bonds. The van der Waals surface area contributed by atoms with Gasteiger partial charge in [-0.05, 0) is 13.8 Å². The minimum absolute atomic E-state index is 0.167. The third-order valence-corrected chi connectivity index (χ3v) is 10.7. The van der Waals surface area contributed by atoms with E-state index in [0.717, 1.165) is 0 Å². The topological polar surface area (TPSA) is 20.2 Å². The molecule has 248 valence electrons. The molecule has 0 aromatic carbocycles. The Kier molecular flexibility index (Phi) is 45.3. The predicted octanol–water partition coefficient (Wildman–Crippen LogP) is 14.2. The number of hydrogen-bond donors (Lipinski definition) is 1. The highest BCUT2D eigenvalue weighted by Crippen LogP contribution is 2.16. The Morgan fingerprint density at radius 3 is 0.634 bits per heavy atom. The van der Waals surface area contributed by atoms with Crippen LogP contribution in [0.2, 0.25) is 10.6 Å². The molecule has 41 heavy (non-hydrogen) atoms. The van der Waals surface area contributed by atoms with E-state index in [1.165, 1.54) is 193 Å². The van der Waals surface area contributed by atoms with Gasteiger partial charge in [0, 0.05) is 6.10 Å². The first-order valence-electron chi connectivity index (χ1n) is 19.8. The molecule has 0 unspecified atom stereocenters. The first kappa shape index (κ1) is 43.6. The molecule has 0 fully saturated rings. The first-order chi connectivity index (χ1) is 20.1. The standard InChI is InChI=1S/2C18H37.C3H8O.Al.H/c2*1-3-5-7-9-11-13-15-17-18-16-14-12-10-8-6-4-2;1-3(2)4;;/h2*1,3-18H2,2H3;3-4H,1-2H3;;. The Bertz CT molecular complexity index is 374. The van der Waals surface area contributed by atoms with Gasteiger partial charge in [-0.15, -0.1) is 0 Å². The molecule has 0 aromatic heterocycles. The zero-order chi connectivity index (χ0) is 30.3. The van der Waals surface area contributed by atoms with E-state index in [9.17, 15) is 0 Å². The molecule has 0 saturated heterocycles. The zero-order valence-corrected chi connectivity index (χ0v) is 31.2. The van der Waals surface area contributed by atoms with Crippen molar-refractivity contribution in [2.45, 2.75) is 250 Å². The summed E-state index contributed by atoms with van der Waals surface area (Å²) in [5, 5.41) is 11.3. The van der Waals surface area contributed by atoms with Crippen LogP contribution in [0.1, 0.15) is 233 Å². The fourth-order valence-corrected chi connectivity index (χ4v) is 7.75. The summed E-state index contributed by atoms with van der Waals surface area (Å²) >= 11 is 0.282. The fourth-order valence-electron chi connectivity index (χ4n) is 5.98. The van der Waals surface area contributed by atoms with E-state index in [0.29, 0.717) is 0 Å². The highest BCUT2D eigenvalue weighted by atomic mass is 27.1. The molecule has 1 nitrogen and oxygen atoms in total. The van der Waals surface area contributed by atoms with E-state index < -0.39 is 0 Å². The quantitative estimate of drug-likeness (QED) is 0.0580. The zero-order valence-electron chi connectivity index (χ0n) is 29.8. The third-order valence-electron chi connectivity index (χ3n) is 8.71. The summed E-state index contributed by atoms with van der Waals surface area (Å²) in [6.45, 7) is 8.07. The van der Waals surface area contributed by atoms with Gasteiger partial charge < -0.3 is 5.11 Å². The lowest BCUT2D eigenvalue weighted by Gasteiger charge is -2.04. The maximum atomic E-state index is 8.06. The summed E-state index contributed by atoms with van der Waals surface area (Å²) < 4.78 is 0. The summed E-state index contributed by atoms with van der Waals surface area (Å²) in [6.07, 6.45) is 47.6. The van der Waals surface area contributed by atoms with Gasteiger partial charge in [0.15, 0.2) is 0 Å². The highest BCUT2D eigenvalue weighted by molar-refractivity contribution is 6.35.